The van der Waals surface area contributed by atoms with Crippen LogP contribution in [0.5, 0.6) is 0 Å². The molecule has 0 unspecified atom stereocenters. The Morgan fingerprint density at radius 2 is 2.30 bits per heavy atom. The zero-order chi connectivity index (χ0) is 7.98. The zero-order valence-electron chi connectivity index (χ0n) is 4.98. The summed E-state index contributed by atoms with van der Waals surface area (Å²) in [7, 11) is 0.642. The van der Waals surface area contributed by atoms with Gasteiger partial charge in [0.1, 0.15) is 6.54 Å². The lowest BCUT2D eigenvalue weighted by Crippen LogP contribution is -2.28. The second-order valence-corrected chi connectivity index (χ2v) is 1.35. The third kappa shape index (κ3) is 3.33. The highest BCUT2D eigenvalue weighted by Gasteiger charge is 2.09. The molecule has 0 rings (SSSR count). The Labute approximate surface area is 58.3 Å². The van der Waals surface area contributed by atoms with Crippen molar-refractivity contribution < 1.29 is 9.90 Å². The molecule has 0 fully saturated rings. The molecule has 0 aliphatic heterocycles. The smallest absolute Gasteiger partial charge is 0.403 e. The lowest BCUT2D eigenvalue weighted by Gasteiger charge is -2.03. The van der Waals surface area contributed by atoms with Gasteiger partial charge in [-0.05, 0) is 0 Å². The van der Waals surface area contributed by atoms with Crippen LogP contribution in [0.15, 0.2) is 0 Å². The molecule has 0 aromatic rings. The maximum atomic E-state index is 9.89. The van der Waals surface area contributed by atoms with Gasteiger partial charge in [-0.3, -0.25) is 4.79 Å². The molecule has 0 spiro atoms. The van der Waals surface area contributed by atoms with Crippen molar-refractivity contribution >= 4 is 13.3 Å². The van der Waals surface area contributed by atoms with Gasteiger partial charge in [0.2, 0.25) is 0 Å². The van der Waals surface area contributed by atoms with Crippen LogP contribution in [0.4, 0.5) is 4.79 Å². The predicted octanol–water partition coefficient (Wildman–Crippen LogP) is -0.410. The Morgan fingerprint density at radius 3 is 2.60 bits per heavy atom. The second kappa shape index (κ2) is 4.22. The maximum Gasteiger partial charge on any atom is 0.403 e. The summed E-state index contributed by atoms with van der Waals surface area (Å²) >= 11 is 0. The first-order valence-electron chi connectivity index (χ1n) is 2.32. The van der Waals surface area contributed by atoms with Crippen LogP contribution in [0, 0.1) is 22.8 Å². The van der Waals surface area contributed by atoms with E-state index in [1.54, 1.807) is 6.07 Å². The highest BCUT2D eigenvalue weighted by Crippen LogP contribution is 1.79. The normalized spacial score (nSPS) is 7.00. The first-order chi connectivity index (χ1) is 4.70. The highest BCUT2D eigenvalue weighted by molar-refractivity contribution is 6.69. The first-order valence-corrected chi connectivity index (χ1v) is 2.32. The summed E-state index contributed by atoms with van der Waals surface area (Å²) in [5, 5.41) is 24.2. The van der Waals surface area contributed by atoms with Crippen LogP contribution >= 0.6 is 0 Å². The van der Waals surface area contributed by atoms with Crippen molar-refractivity contribution in [1.82, 2.24) is 4.81 Å². The number of rotatable bonds is 3. The summed E-state index contributed by atoms with van der Waals surface area (Å²) in [4.78, 5) is 10.6. The van der Waals surface area contributed by atoms with Gasteiger partial charge < -0.3 is 9.92 Å². The summed E-state index contributed by atoms with van der Waals surface area (Å²) in [5.74, 6) is -1.24. The van der Waals surface area contributed by atoms with Crippen LogP contribution < -0.4 is 0 Å². The van der Waals surface area contributed by atoms with E-state index in [4.69, 9.17) is 15.6 Å². The van der Waals surface area contributed by atoms with Crippen LogP contribution in [0.2, 0.25) is 0 Å². The Morgan fingerprint density at radius 1 is 1.70 bits per heavy atom. The van der Waals surface area contributed by atoms with Gasteiger partial charge in [0.15, 0.2) is 6.19 Å². The van der Waals surface area contributed by atoms with E-state index in [9.17, 15) is 4.79 Å². The summed E-state index contributed by atoms with van der Waals surface area (Å²) < 4.78 is 0. The standard InChI is InChI=1S/C4H3BN3O2/c6-1-2-8(3-7)5-4(9)10/h2H2,(H,9,10). The Hall–Kier alpha value is -1.69. The van der Waals surface area contributed by atoms with Gasteiger partial charge in [-0.2, -0.15) is 10.5 Å². The lowest BCUT2D eigenvalue weighted by molar-refractivity contribution is 0.218. The summed E-state index contributed by atoms with van der Waals surface area (Å²) in [6, 6.07) is 1.63. The van der Waals surface area contributed by atoms with Gasteiger partial charge in [-0.15, -0.1) is 0 Å². The van der Waals surface area contributed by atoms with Crippen molar-refractivity contribution in [3.05, 3.63) is 0 Å². The molecule has 0 amide bonds. The van der Waals surface area contributed by atoms with Gasteiger partial charge in [-0.25, -0.2) is 0 Å². The second-order valence-electron chi connectivity index (χ2n) is 1.35. The number of hydrogen-bond donors (Lipinski definition) is 1. The largest absolute Gasteiger partial charge is 0.488 e. The minimum atomic E-state index is -1.24. The highest BCUT2D eigenvalue weighted by atomic mass is 16.4. The third-order valence-electron chi connectivity index (χ3n) is 0.636. The van der Waals surface area contributed by atoms with Crippen LogP contribution in [0.25, 0.3) is 0 Å². The zero-order valence-corrected chi connectivity index (χ0v) is 4.98. The van der Waals surface area contributed by atoms with Crippen molar-refractivity contribution in [1.29, 1.82) is 10.5 Å². The molecular formula is C4H3BN3O2. The molecule has 49 valence electrons. The molecule has 0 aromatic carbocycles. The van der Waals surface area contributed by atoms with E-state index < -0.39 is 5.87 Å². The molecule has 0 heterocycles. The molecule has 0 atom stereocenters. The molecule has 0 saturated heterocycles. The summed E-state index contributed by atoms with van der Waals surface area (Å²) in [6.45, 7) is -0.233. The van der Waals surface area contributed by atoms with Crippen LogP contribution in [0.3, 0.4) is 0 Å². The molecule has 0 bridgehead atoms. The first kappa shape index (κ1) is 8.31. The fraction of sp³-hybridized carbons (Fsp3) is 0.250. The van der Waals surface area contributed by atoms with Gasteiger partial charge in [0, 0.05) is 0 Å². The van der Waals surface area contributed by atoms with E-state index in [0.717, 1.165) is 4.81 Å². The SMILES string of the molecule is N#CCN([B]C(=O)O)C#N. The van der Waals surface area contributed by atoms with E-state index in [-0.39, 0.29) is 6.54 Å². The molecule has 0 aromatic heterocycles. The Bertz CT molecular complexity index is 204. The van der Waals surface area contributed by atoms with Crippen molar-refractivity contribution in [3.8, 4) is 12.3 Å². The number of carboxylic acid groups (broad SMARTS) is 1. The summed E-state index contributed by atoms with van der Waals surface area (Å²) in [5.41, 5.74) is 0. The predicted molar refractivity (Wildman–Crippen MR) is 31.7 cm³/mol. The fourth-order valence-electron chi connectivity index (χ4n) is 0.319. The van der Waals surface area contributed by atoms with E-state index in [1.165, 1.54) is 6.19 Å². The number of nitrogens with zero attached hydrogens (tertiary/aromatic N) is 3. The van der Waals surface area contributed by atoms with E-state index >= 15 is 0 Å². The molecule has 0 aliphatic carbocycles. The van der Waals surface area contributed by atoms with Gasteiger partial charge in [-0.1, -0.05) is 0 Å². The van der Waals surface area contributed by atoms with Crippen molar-refractivity contribution in [2.75, 3.05) is 6.54 Å². The molecular weight excluding hydrogens is 133 g/mol. The van der Waals surface area contributed by atoms with E-state index in [1.807, 2.05) is 0 Å². The number of nitriles is 2. The average molecular weight is 136 g/mol. The monoisotopic (exact) mass is 136 g/mol. The van der Waals surface area contributed by atoms with E-state index in [0.29, 0.717) is 7.41 Å². The van der Waals surface area contributed by atoms with Gasteiger partial charge in [0.25, 0.3) is 5.87 Å². The van der Waals surface area contributed by atoms with Gasteiger partial charge >= 0.3 is 7.41 Å². The van der Waals surface area contributed by atoms with Crippen LogP contribution in [-0.2, 0) is 0 Å². The minimum absolute atomic E-state index is 0.233. The molecule has 1 radical (unpaired) electrons. The molecule has 6 heteroatoms. The molecule has 10 heavy (non-hydrogen) atoms. The lowest BCUT2D eigenvalue weighted by atomic mass is 9.93. The molecule has 1 N–H and O–H groups in total. The minimum Gasteiger partial charge on any atom is -0.488 e. The summed E-state index contributed by atoms with van der Waals surface area (Å²) in [6.07, 6.45) is 1.51. The fourth-order valence-corrected chi connectivity index (χ4v) is 0.319. The topological polar surface area (TPSA) is 88.1 Å². The van der Waals surface area contributed by atoms with E-state index in [2.05, 4.69) is 0 Å². The Balaban J connectivity index is 3.77. The molecule has 5 nitrogen and oxygen atoms in total. The third-order valence-corrected chi connectivity index (χ3v) is 0.636. The number of hydrogen-bond acceptors (Lipinski definition) is 4. The molecule has 0 saturated carbocycles. The average Bonchev–Trinajstić information content (AvgIpc) is 1.86. The maximum absolute atomic E-state index is 9.89. The van der Waals surface area contributed by atoms with Crippen molar-refractivity contribution in [2.45, 2.75) is 0 Å². The quantitative estimate of drug-likeness (QED) is 0.246. The van der Waals surface area contributed by atoms with Crippen LogP contribution in [-0.4, -0.2) is 29.7 Å². The Kier molecular flexibility index (Phi) is 3.51. The molecule has 0 aliphatic rings. The van der Waals surface area contributed by atoms with Crippen molar-refractivity contribution in [2.24, 2.45) is 0 Å². The van der Waals surface area contributed by atoms with Gasteiger partial charge in [0.05, 0.1) is 6.07 Å². The van der Waals surface area contributed by atoms with Crippen molar-refractivity contribution in [3.63, 3.8) is 0 Å². The van der Waals surface area contributed by atoms with Crippen LogP contribution in [0.1, 0.15) is 0 Å². The number of carbonyl (C=O) groups is 1.